The molecule has 0 amide bonds. The maximum atomic E-state index is 12.9. The largest absolute Gasteiger partial charge is 0.383 e. The Morgan fingerprint density at radius 2 is 1.90 bits per heavy atom. The van der Waals surface area contributed by atoms with Crippen molar-refractivity contribution in [3.05, 3.63) is 54.1 Å². The van der Waals surface area contributed by atoms with Gasteiger partial charge in [-0.1, -0.05) is 23.9 Å². The van der Waals surface area contributed by atoms with Gasteiger partial charge in [0.1, 0.15) is 0 Å². The Morgan fingerprint density at radius 3 is 2.55 bits per heavy atom. The minimum atomic E-state index is -3.35. The van der Waals surface area contributed by atoms with Gasteiger partial charge in [-0.15, -0.1) is 0 Å². The highest BCUT2D eigenvalue weighted by molar-refractivity contribution is 8.00. The quantitative estimate of drug-likeness (QED) is 0.411. The molecule has 154 valence electrons. The lowest BCUT2D eigenvalue weighted by atomic mass is 10.1. The number of anilines is 1. The van der Waals surface area contributed by atoms with Gasteiger partial charge in [0.05, 0.1) is 29.1 Å². The molecule has 7 nitrogen and oxygen atoms in total. The fraction of sp³-hybridized carbons (Fsp3) is 0.300. The van der Waals surface area contributed by atoms with Gasteiger partial charge in [0.2, 0.25) is 10.0 Å². The predicted molar refractivity (Wildman–Crippen MR) is 116 cm³/mol. The third kappa shape index (κ3) is 5.37. The van der Waals surface area contributed by atoms with Crippen molar-refractivity contribution in [2.75, 3.05) is 24.7 Å². The minimum absolute atomic E-state index is 0.0498. The molecule has 0 saturated heterocycles. The molecule has 0 bridgehead atoms. The van der Waals surface area contributed by atoms with Crippen LogP contribution in [0.25, 0.3) is 11.0 Å². The maximum absolute atomic E-state index is 12.9. The van der Waals surface area contributed by atoms with E-state index < -0.39 is 10.0 Å². The Labute approximate surface area is 174 Å². The molecule has 3 rings (SSSR count). The zero-order chi connectivity index (χ0) is 21.0. The molecule has 0 saturated carbocycles. The molecule has 2 aromatic carbocycles. The van der Waals surface area contributed by atoms with Crippen LogP contribution in [0, 0.1) is 0 Å². The molecule has 0 aliphatic rings. The number of hydrogen-bond acceptors (Lipinski definition) is 6. The van der Waals surface area contributed by atoms with Crippen LogP contribution in [0.4, 0.5) is 5.69 Å². The third-order valence-electron chi connectivity index (χ3n) is 4.26. The van der Waals surface area contributed by atoms with Crippen LogP contribution in [0.2, 0.25) is 0 Å². The van der Waals surface area contributed by atoms with E-state index in [1.54, 1.807) is 31.4 Å². The van der Waals surface area contributed by atoms with Crippen molar-refractivity contribution in [3.63, 3.8) is 0 Å². The number of sulfonamides is 1. The van der Waals surface area contributed by atoms with Gasteiger partial charge in [0.25, 0.3) is 0 Å². The Balaban J connectivity index is 1.79. The molecule has 1 heterocycles. The van der Waals surface area contributed by atoms with Gasteiger partial charge in [-0.3, -0.25) is 9.52 Å². The molecule has 9 heteroatoms. The smallest absolute Gasteiger partial charge is 0.229 e. The molecule has 0 radical (unpaired) electrons. The Kier molecular flexibility index (Phi) is 6.61. The molecule has 0 aliphatic heterocycles. The SMILES string of the molecule is COCCn1c(S[C@@H](C)C(=O)c2ccc(NS(C)(=O)=O)cc2)nc2ccccc21. The highest BCUT2D eigenvalue weighted by Crippen LogP contribution is 2.29. The third-order valence-corrected chi connectivity index (χ3v) is 5.96. The van der Waals surface area contributed by atoms with Gasteiger partial charge < -0.3 is 9.30 Å². The van der Waals surface area contributed by atoms with Crippen LogP contribution in [0.15, 0.2) is 53.7 Å². The van der Waals surface area contributed by atoms with E-state index in [2.05, 4.69) is 14.3 Å². The number of ketones is 1. The lowest BCUT2D eigenvalue weighted by Crippen LogP contribution is -2.15. The summed E-state index contributed by atoms with van der Waals surface area (Å²) in [7, 11) is -1.70. The van der Waals surface area contributed by atoms with Crippen molar-refractivity contribution in [2.45, 2.75) is 23.9 Å². The molecule has 29 heavy (non-hydrogen) atoms. The van der Waals surface area contributed by atoms with E-state index >= 15 is 0 Å². The number of methoxy groups -OCH3 is 1. The average molecular weight is 434 g/mol. The molecule has 1 aromatic heterocycles. The Morgan fingerprint density at radius 1 is 1.21 bits per heavy atom. The number of carbonyl (C=O) groups is 1. The van der Waals surface area contributed by atoms with E-state index in [1.165, 1.54) is 11.8 Å². The van der Waals surface area contributed by atoms with E-state index in [9.17, 15) is 13.2 Å². The second kappa shape index (κ2) is 8.98. The van der Waals surface area contributed by atoms with Gasteiger partial charge >= 0.3 is 0 Å². The van der Waals surface area contributed by atoms with Crippen molar-refractivity contribution in [1.29, 1.82) is 0 Å². The van der Waals surface area contributed by atoms with Crippen LogP contribution >= 0.6 is 11.8 Å². The number of thioether (sulfide) groups is 1. The second-order valence-corrected chi connectivity index (χ2v) is 9.66. The van der Waals surface area contributed by atoms with E-state index in [1.807, 2.05) is 31.2 Å². The minimum Gasteiger partial charge on any atom is -0.383 e. The zero-order valence-electron chi connectivity index (χ0n) is 16.5. The van der Waals surface area contributed by atoms with Crippen molar-refractivity contribution < 1.29 is 17.9 Å². The van der Waals surface area contributed by atoms with Gasteiger partial charge in [-0.05, 0) is 43.3 Å². The monoisotopic (exact) mass is 433 g/mol. The Hall–Kier alpha value is -2.36. The molecule has 0 spiro atoms. The first-order valence-corrected chi connectivity index (χ1v) is 11.8. The molecule has 0 aliphatic carbocycles. The predicted octanol–water partition coefficient (Wildman–Crippen LogP) is 3.42. The highest BCUT2D eigenvalue weighted by Gasteiger charge is 2.20. The number of fused-ring (bicyclic) bond motifs is 1. The molecule has 0 fully saturated rings. The van der Waals surface area contributed by atoms with Gasteiger partial charge in [-0.25, -0.2) is 13.4 Å². The van der Waals surface area contributed by atoms with Crippen LogP contribution in [-0.4, -0.2) is 49.0 Å². The van der Waals surface area contributed by atoms with Gasteiger partial charge in [0.15, 0.2) is 10.9 Å². The van der Waals surface area contributed by atoms with Gasteiger partial charge in [-0.2, -0.15) is 0 Å². The lowest BCUT2D eigenvalue weighted by molar-refractivity contribution is 0.0994. The van der Waals surface area contributed by atoms with Crippen molar-refractivity contribution >= 4 is 44.3 Å². The van der Waals surface area contributed by atoms with E-state index in [0.717, 1.165) is 22.4 Å². The van der Waals surface area contributed by atoms with E-state index in [-0.39, 0.29) is 11.0 Å². The van der Waals surface area contributed by atoms with Crippen molar-refractivity contribution in [1.82, 2.24) is 9.55 Å². The number of aromatic nitrogens is 2. The maximum Gasteiger partial charge on any atom is 0.229 e. The van der Waals surface area contributed by atoms with Crippen molar-refractivity contribution in [3.8, 4) is 0 Å². The van der Waals surface area contributed by atoms with E-state index in [0.29, 0.717) is 24.4 Å². The molecule has 3 aromatic rings. The van der Waals surface area contributed by atoms with Gasteiger partial charge in [0, 0.05) is 24.9 Å². The summed E-state index contributed by atoms with van der Waals surface area (Å²) in [6.07, 6.45) is 1.08. The summed E-state index contributed by atoms with van der Waals surface area (Å²) in [6.45, 7) is 3.03. The standard InChI is InChI=1S/C20H23N3O4S2/c1-14(19(24)15-8-10-16(11-9-15)22-29(3,25)26)28-20-21-17-6-4-5-7-18(17)23(20)12-13-27-2/h4-11,14,22H,12-13H2,1-3H3/t14-/m0/s1. The highest BCUT2D eigenvalue weighted by atomic mass is 32.2. The number of imidazole rings is 1. The topological polar surface area (TPSA) is 90.3 Å². The molecular weight excluding hydrogens is 410 g/mol. The van der Waals surface area contributed by atoms with Crippen LogP contribution in [-0.2, 0) is 21.3 Å². The Bertz CT molecular complexity index is 1110. The number of nitrogens with one attached hydrogen (secondary N) is 1. The fourth-order valence-electron chi connectivity index (χ4n) is 2.90. The summed E-state index contributed by atoms with van der Waals surface area (Å²) >= 11 is 1.40. The van der Waals surface area contributed by atoms with Crippen LogP contribution in [0.5, 0.6) is 0 Å². The summed E-state index contributed by atoms with van der Waals surface area (Å²) in [5, 5.41) is 0.404. The summed E-state index contributed by atoms with van der Waals surface area (Å²) in [6, 6.07) is 14.3. The number of ether oxygens (including phenoxy) is 1. The van der Waals surface area contributed by atoms with Crippen LogP contribution in [0.3, 0.4) is 0 Å². The zero-order valence-corrected chi connectivity index (χ0v) is 18.1. The molecular formula is C20H23N3O4S2. The molecule has 1 N–H and O–H groups in total. The number of rotatable bonds is 9. The molecule has 1 atom stereocenters. The fourth-order valence-corrected chi connectivity index (χ4v) is 4.50. The number of carbonyl (C=O) groups excluding carboxylic acids is 1. The molecule has 0 unspecified atom stereocenters. The first-order chi connectivity index (χ1) is 13.8. The number of para-hydroxylation sites is 2. The first kappa shape index (κ1) is 21.4. The van der Waals surface area contributed by atoms with Crippen LogP contribution in [0.1, 0.15) is 17.3 Å². The summed E-state index contributed by atoms with van der Waals surface area (Å²) < 4.78 is 32.3. The lowest BCUT2D eigenvalue weighted by Gasteiger charge is -2.13. The second-order valence-electron chi connectivity index (χ2n) is 6.60. The number of benzene rings is 2. The summed E-state index contributed by atoms with van der Waals surface area (Å²) in [5.74, 6) is -0.0498. The number of hydrogen-bond donors (Lipinski definition) is 1. The van der Waals surface area contributed by atoms with Crippen LogP contribution < -0.4 is 4.72 Å². The first-order valence-electron chi connectivity index (χ1n) is 9.01. The van der Waals surface area contributed by atoms with Crippen molar-refractivity contribution in [2.24, 2.45) is 0 Å². The number of Topliss-reactive ketones (excluding diaryl/α,β-unsaturated/α-hetero) is 1. The number of nitrogens with zero attached hydrogens (tertiary/aromatic N) is 2. The van der Waals surface area contributed by atoms with E-state index in [4.69, 9.17) is 4.74 Å². The normalized spacial score (nSPS) is 12.8. The average Bonchev–Trinajstić information content (AvgIpc) is 3.02. The summed E-state index contributed by atoms with van der Waals surface area (Å²) in [5.41, 5.74) is 2.82. The summed E-state index contributed by atoms with van der Waals surface area (Å²) in [4.78, 5) is 17.5.